The fourth-order valence-corrected chi connectivity index (χ4v) is 3.70. The number of hydrogen-bond acceptors (Lipinski definition) is 5. The lowest BCUT2D eigenvalue weighted by molar-refractivity contribution is -0.124. The number of aliphatic hydroxyl groups excluding tert-OH is 1. The Morgan fingerprint density at radius 1 is 1.23 bits per heavy atom. The van der Waals surface area contributed by atoms with E-state index in [2.05, 4.69) is 15.3 Å². The van der Waals surface area contributed by atoms with Gasteiger partial charge in [0.15, 0.2) is 6.10 Å². The van der Waals surface area contributed by atoms with Gasteiger partial charge in [0.05, 0.1) is 5.39 Å². The second-order valence-electron chi connectivity index (χ2n) is 7.28. The van der Waals surface area contributed by atoms with Crippen molar-refractivity contribution in [2.24, 2.45) is 7.05 Å². The molecule has 158 valence electrons. The number of aromatic nitrogens is 3. The largest absolute Gasteiger partial charge is 0.383 e. The highest BCUT2D eigenvalue weighted by Crippen LogP contribution is 2.35. The van der Waals surface area contributed by atoms with Crippen LogP contribution in [-0.4, -0.2) is 25.5 Å². The first-order valence-electron chi connectivity index (χ1n) is 9.82. The van der Waals surface area contributed by atoms with Crippen LogP contribution in [0, 0.1) is 5.82 Å². The van der Waals surface area contributed by atoms with Crippen molar-refractivity contribution in [3.63, 3.8) is 0 Å². The van der Waals surface area contributed by atoms with E-state index in [0.29, 0.717) is 17.9 Å². The van der Waals surface area contributed by atoms with Crippen molar-refractivity contribution >= 4 is 28.4 Å². The number of carbonyl (C=O) groups is 1. The quantitative estimate of drug-likeness (QED) is 0.458. The Morgan fingerprint density at radius 3 is 2.77 bits per heavy atom. The summed E-state index contributed by atoms with van der Waals surface area (Å²) in [6, 6.07) is 10.8. The van der Waals surface area contributed by atoms with Crippen molar-refractivity contribution in [2.75, 3.05) is 11.1 Å². The minimum absolute atomic E-state index is 0.191. The van der Waals surface area contributed by atoms with Gasteiger partial charge < -0.3 is 20.7 Å². The molecular formula is C23H22FN5O2. The Morgan fingerprint density at radius 2 is 2.03 bits per heavy atom. The van der Waals surface area contributed by atoms with E-state index in [1.165, 1.54) is 24.5 Å². The normalized spacial score (nSPS) is 12.1. The number of aliphatic hydroxyl groups is 1. The van der Waals surface area contributed by atoms with Gasteiger partial charge in [-0.2, -0.15) is 0 Å². The lowest BCUT2D eigenvalue weighted by Crippen LogP contribution is -2.21. The molecule has 1 atom stereocenters. The fourth-order valence-electron chi connectivity index (χ4n) is 3.70. The Bertz CT molecular complexity index is 1280. The van der Waals surface area contributed by atoms with Gasteiger partial charge in [0, 0.05) is 24.5 Å². The van der Waals surface area contributed by atoms with E-state index in [9.17, 15) is 14.3 Å². The molecule has 0 aliphatic heterocycles. The predicted molar refractivity (Wildman–Crippen MR) is 118 cm³/mol. The van der Waals surface area contributed by atoms with Gasteiger partial charge in [-0.1, -0.05) is 25.1 Å². The number of hydrogen-bond donors (Lipinski definition) is 3. The molecule has 8 heteroatoms. The van der Waals surface area contributed by atoms with E-state index in [4.69, 9.17) is 5.73 Å². The standard InChI is InChI=1S/C23H22FN5O2/c1-3-13-10-16(28-23(31)20(30)14-5-4-6-15(24)9-14)7-8-17(13)18-11-29(2)22-19(18)21(25)26-12-27-22/h4-12,20,30H,3H2,1-2H3,(H,28,31)(H2,25,26,27). The molecule has 4 rings (SSSR count). The van der Waals surface area contributed by atoms with Gasteiger partial charge in [0.1, 0.15) is 23.6 Å². The van der Waals surface area contributed by atoms with E-state index in [1.54, 1.807) is 6.07 Å². The summed E-state index contributed by atoms with van der Waals surface area (Å²) in [4.78, 5) is 20.9. The van der Waals surface area contributed by atoms with Crippen LogP contribution in [0.1, 0.15) is 24.2 Å². The number of nitrogens with one attached hydrogen (secondary N) is 1. The molecule has 2 heterocycles. The van der Waals surface area contributed by atoms with Crippen molar-refractivity contribution in [3.05, 3.63) is 71.9 Å². The number of fused-ring (bicyclic) bond motifs is 1. The molecule has 4 N–H and O–H groups in total. The summed E-state index contributed by atoms with van der Waals surface area (Å²) < 4.78 is 15.3. The fraction of sp³-hybridized carbons (Fsp3) is 0.174. The summed E-state index contributed by atoms with van der Waals surface area (Å²) in [7, 11) is 1.90. The number of nitrogen functional groups attached to an aromatic ring is 1. The van der Waals surface area contributed by atoms with Crippen LogP contribution in [0.25, 0.3) is 22.2 Å². The van der Waals surface area contributed by atoms with Gasteiger partial charge >= 0.3 is 0 Å². The van der Waals surface area contributed by atoms with Crippen LogP contribution in [0.3, 0.4) is 0 Å². The molecule has 7 nitrogen and oxygen atoms in total. The summed E-state index contributed by atoms with van der Waals surface area (Å²) in [5.74, 6) is -0.748. The number of amides is 1. The maximum absolute atomic E-state index is 13.4. The predicted octanol–water partition coefficient (Wildman–Crippen LogP) is 3.59. The minimum Gasteiger partial charge on any atom is -0.383 e. The van der Waals surface area contributed by atoms with E-state index >= 15 is 0 Å². The van der Waals surface area contributed by atoms with E-state index in [-0.39, 0.29) is 5.56 Å². The van der Waals surface area contributed by atoms with Crippen LogP contribution in [0.15, 0.2) is 55.0 Å². The molecule has 4 aromatic rings. The lowest BCUT2D eigenvalue weighted by atomic mass is 9.97. The summed E-state index contributed by atoms with van der Waals surface area (Å²) in [5, 5.41) is 13.8. The third kappa shape index (κ3) is 3.85. The highest BCUT2D eigenvalue weighted by atomic mass is 19.1. The maximum atomic E-state index is 13.4. The second-order valence-corrected chi connectivity index (χ2v) is 7.28. The minimum atomic E-state index is -1.48. The number of anilines is 2. The van der Waals surface area contributed by atoms with Crippen LogP contribution in [0.5, 0.6) is 0 Å². The second kappa shape index (κ2) is 8.16. The van der Waals surface area contributed by atoms with E-state index in [1.807, 2.05) is 36.9 Å². The number of aryl methyl sites for hydroxylation is 2. The van der Waals surface area contributed by atoms with Crippen molar-refractivity contribution < 1.29 is 14.3 Å². The molecule has 0 aliphatic rings. The number of benzene rings is 2. The summed E-state index contributed by atoms with van der Waals surface area (Å²) in [6.07, 6.45) is 2.62. The first kappa shape index (κ1) is 20.5. The van der Waals surface area contributed by atoms with Crippen LogP contribution in [0.4, 0.5) is 15.9 Å². The molecule has 1 amide bonds. The average Bonchev–Trinajstić information content (AvgIpc) is 3.10. The van der Waals surface area contributed by atoms with E-state index < -0.39 is 17.8 Å². The van der Waals surface area contributed by atoms with Crippen molar-refractivity contribution in [1.82, 2.24) is 14.5 Å². The first-order chi connectivity index (χ1) is 14.9. The molecule has 0 fully saturated rings. The molecule has 1 unspecified atom stereocenters. The van der Waals surface area contributed by atoms with Crippen LogP contribution >= 0.6 is 0 Å². The van der Waals surface area contributed by atoms with Gasteiger partial charge in [-0.15, -0.1) is 0 Å². The van der Waals surface area contributed by atoms with Crippen molar-refractivity contribution in [3.8, 4) is 11.1 Å². The highest BCUT2D eigenvalue weighted by Gasteiger charge is 2.20. The molecule has 31 heavy (non-hydrogen) atoms. The van der Waals surface area contributed by atoms with E-state index in [0.717, 1.165) is 33.8 Å². The molecular weight excluding hydrogens is 397 g/mol. The number of nitrogens with zero attached hydrogens (tertiary/aromatic N) is 3. The summed E-state index contributed by atoms with van der Waals surface area (Å²) in [5.41, 5.74) is 10.4. The molecule has 2 aromatic heterocycles. The van der Waals surface area contributed by atoms with Gasteiger partial charge in [-0.3, -0.25) is 4.79 Å². The van der Waals surface area contributed by atoms with Crippen LogP contribution in [-0.2, 0) is 18.3 Å². The zero-order valence-electron chi connectivity index (χ0n) is 17.1. The lowest BCUT2D eigenvalue weighted by Gasteiger charge is -2.14. The van der Waals surface area contributed by atoms with Crippen molar-refractivity contribution in [1.29, 1.82) is 0 Å². The average molecular weight is 419 g/mol. The topological polar surface area (TPSA) is 106 Å². The Hall–Kier alpha value is -3.78. The summed E-state index contributed by atoms with van der Waals surface area (Å²) >= 11 is 0. The first-order valence-corrected chi connectivity index (χ1v) is 9.82. The van der Waals surface area contributed by atoms with Crippen molar-refractivity contribution in [2.45, 2.75) is 19.4 Å². The molecule has 0 radical (unpaired) electrons. The smallest absolute Gasteiger partial charge is 0.257 e. The summed E-state index contributed by atoms with van der Waals surface area (Å²) in [6.45, 7) is 2.01. The number of nitrogens with two attached hydrogens (primary N) is 1. The van der Waals surface area contributed by atoms with Gasteiger partial charge in [0.2, 0.25) is 0 Å². The van der Waals surface area contributed by atoms with Crippen LogP contribution < -0.4 is 11.1 Å². The molecule has 0 aliphatic carbocycles. The maximum Gasteiger partial charge on any atom is 0.257 e. The Balaban J connectivity index is 1.66. The van der Waals surface area contributed by atoms with Crippen LogP contribution in [0.2, 0.25) is 0 Å². The molecule has 0 saturated carbocycles. The Labute approximate surface area is 178 Å². The van der Waals surface area contributed by atoms with Gasteiger partial charge in [-0.25, -0.2) is 14.4 Å². The number of carbonyl (C=O) groups excluding carboxylic acids is 1. The zero-order valence-corrected chi connectivity index (χ0v) is 17.1. The SMILES string of the molecule is CCc1cc(NC(=O)C(O)c2cccc(F)c2)ccc1-c1cn(C)c2ncnc(N)c12. The number of rotatable bonds is 5. The third-order valence-electron chi connectivity index (χ3n) is 5.24. The zero-order chi connectivity index (χ0) is 22.1. The molecule has 0 spiro atoms. The molecule has 0 bridgehead atoms. The van der Waals surface area contributed by atoms with Gasteiger partial charge in [0.25, 0.3) is 5.91 Å². The molecule has 0 saturated heterocycles. The van der Waals surface area contributed by atoms with Gasteiger partial charge in [-0.05, 0) is 47.4 Å². The molecule has 2 aromatic carbocycles. The monoisotopic (exact) mass is 419 g/mol. The number of halogens is 1. The third-order valence-corrected chi connectivity index (χ3v) is 5.24. The Kier molecular flexibility index (Phi) is 5.39. The highest BCUT2D eigenvalue weighted by molar-refractivity contribution is 6.02.